The lowest BCUT2D eigenvalue weighted by Crippen LogP contribution is -2.23. The van der Waals surface area contributed by atoms with Crippen molar-refractivity contribution in [1.29, 1.82) is 0 Å². The standard InChI is InChI=1S/C13H11BrFNO2S/c1-7(13(19)17-2)18-12-4-8-3-9(14)6-16-11(8)5-10(12)15/h3-7H,1-2H3. The SMILES string of the molecule is COC(=S)C(C)Oc1cc2cc(Br)cnc2cc1F. The number of hydrogen-bond donors (Lipinski definition) is 0. The van der Waals surface area contributed by atoms with Crippen molar-refractivity contribution in [3.05, 3.63) is 34.7 Å². The summed E-state index contributed by atoms with van der Waals surface area (Å²) in [5, 5.41) is 1.05. The van der Waals surface area contributed by atoms with Crippen LogP contribution in [-0.2, 0) is 4.74 Å². The van der Waals surface area contributed by atoms with Crippen LogP contribution in [0.3, 0.4) is 0 Å². The van der Waals surface area contributed by atoms with E-state index in [-0.39, 0.29) is 10.8 Å². The normalized spacial score (nSPS) is 12.2. The van der Waals surface area contributed by atoms with Crippen LogP contribution in [0.4, 0.5) is 4.39 Å². The molecule has 6 heteroatoms. The molecule has 0 N–H and O–H groups in total. The fraction of sp³-hybridized carbons (Fsp3) is 0.231. The van der Waals surface area contributed by atoms with Crippen molar-refractivity contribution in [2.24, 2.45) is 0 Å². The Balaban J connectivity index is 2.37. The topological polar surface area (TPSA) is 31.4 Å². The molecular weight excluding hydrogens is 333 g/mol. The first-order valence-electron chi connectivity index (χ1n) is 5.50. The predicted molar refractivity (Wildman–Crippen MR) is 79.1 cm³/mol. The zero-order chi connectivity index (χ0) is 14.0. The van der Waals surface area contributed by atoms with E-state index in [0.29, 0.717) is 5.52 Å². The largest absolute Gasteiger partial charge is 0.487 e. The minimum Gasteiger partial charge on any atom is -0.487 e. The van der Waals surface area contributed by atoms with Gasteiger partial charge < -0.3 is 9.47 Å². The Morgan fingerprint density at radius 3 is 2.84 bits per heavy atom. The molecule has 1 aromatic heterocycles. The van der Waals surface area contributed by atoms with Crippen molar-refractivity contribution in [1.82, 2.24) is 4.98 Å². The molecule has 0 saturated carbocycles. The van der Waals surface area contributed by atoms with Crippen LogP contribution >= 0.6 is 28.1 Å². The number of halogens is 2. The molecular formula is C13H11BrFNO2S. The third-order valence-electron chi connectivity index (χ3n) is 2.54. The van der Waals surface area contributed by atoms with Crippen molar-refractivity contribution in [3.8, 4) is 5.75 Å². The van der Waals surface area contributed by atoms with E-state index in [2.05, 4.69) is 20.9 Å². The minimum absolute atomic E-state index is 0.124. The minimum atomic E-state index is -0.507. The maximum atomic E-state index is 13.9. The maximum Gasteiger partial charge on any atom is 0.200 e. The molecule has 0 amide bonds. The predicted octanol–water partition coefficient (Wildman–Crippen LogP) is 3.88. The number of methoxy groups -OCH3 is 1. The van der Waals surface area contributed by atoms with Gasteiger partial charge >= 0.3 is 0 Å². The lowest BCUT2D eigenvalue weighted by molar-refractivity contribution is 0.239. The second-order valence-electron chi connectivity index (χ2n) is 3.91. The van der Waals surface area contributed by atoms with Crippen molar-refractivity contribution in [2.45, 2.75) is 13.0 Å². The molecule has 0 aliphatic carbocycles. The van der Waals surface area contributed by atoms with Crippen LogP contribution in [0.25, 0.3) is 10.9 Å². The van der Waals surface area contributed by atoms with Gasteiger partial charge in [0.25, 0.3) is 0 Å². The van der Waals surface area contributed by atoms with E-state index in [9.17, 15) is 4.39 Å². The highest BCUT2D eigenvalue weighted by Crippen LogP contribution is 2.26. The summed E-state index contributed by atoms with van der Waals surface area (Å²) < 4.78 is 25.1. The van der Waals surface area contributed by atoms with Gasteiger partial charge in [-0.25, -0.2) is 4.39 Å². The van der Waals surface area contributed by atoms with Gasteiger partial charge in [0.2, 0.25) is 0 Å². The Labute approximate surface area is 123 Å². The van der Waals surface area contributed by atoms with Gasteiger partial charge in [-0.15, -0.1) is 0 Å². The lowest BCUT2D eigenvalue weighted by atomic mass is 10.2. The number of pyridine rings is 1. The molecule has 2 aromatic rings. The first-order valence-corrected chi connectivity index (χ1v) is 6.70. The summed E-state index contributed by atoms with van der Waals surface area (Å²) in [6, 6.07) is 4.77. The van der Waals surface area contributed by atoms with E-state index in [4.69, 9.17) is 21.7 Å². The van der Waals surface area contributed by atoms with Crippen molar-refractivity contribution < 1.29 is 13.9 Å². The van der Waals surface area contributed by atoms with Crippen LogP contribution in [0.5, 0.6) is 5.75 Å². The van der Waals surface area contributed by atoms with Crippen LogP contribution in [0, 0.1) is 5.82 Å². The van der Waals surface area contributed by atoms with Gasteiger partial charge in [-0.05, 0) is 47.2 Å². The summed E-state index contributed by atoms with van der Waals surface area (Å²) in [6.45, 7) is 1.70. The van der Waals surface area contributed by atoms with E-state index in [0.717, 1.165) is 9.86 Å². The second kappa shape index (κ2) is 5.79. The molecule has 0 bridgehead atoms. The fourth-order valence-corrected chi connectivity index (χ4v) is 2.00. The molecule has 0 fully saturated rings. The molecule has 1 heterocycles. The van der Waals surface area contributed by atoms with Crippen LogP contribution in [0.15, 0.2) is 28.9 Å². The van der Waals surface area contributed by atoms with Gasteiger partial charge in [-0.3, -0.25) is 4.98 Å². The number of thiocarbonyl (C=S) groups is 1. The van der Waals surface area contributed by atoms with E-state index in [1.165, 1.54) is 13.2 Å². The number of nitrogens with zero attached hydrogens (tertiary/aromatic N) is 1. The number of benzene rings is 1. The summed E-state index contributed by atoms with van der Waals surface area (Å²) in [6.07, 6.45) is 1.11. The van der Waals surface area contributed by atoms with Crippen LogP contribution in [0.2, 0.25) is 0 Å². The summed E-state index contributed by atoms with van der Waals surface area (Å²) in [4.78, 5) is 4.12. The zero-order valence-electron chi connectivity index (χ0n) is 10.3. The van der Waals surface area contributed by atoms with Crippen LogP contribution < -0.4 is 4.74 Å². The molecule has 3 nitrogen and oxygen atoms in total. The lowest BCUT2D eigenvalue weighted by Gasteiger charge is -2.15. The molecule has 19 heavy (non-hydrogen) atoms. The molecule has 1 unspecified atom stereocenters. The third-order valence-corrected chi connectivity index (χ3v) is 3.47. The van der Waals surface area contributed by atoms with Gasteiger partial charge in [-0.2, -0.15) is 0 Å². The summed E-state index contributed by atoms with van der Waals surface area (Å²) in [5.74, 6) is -0.354. The quantitative estimate of drug-likeness (QED) is 0.791. The number of aromatic nitrogens is 1. The van der Waals surface area contributed by atoms with Crippen molar-refractivity contribution in [3.63, 3.8) is 0 Å². The Kier molecular flexibility index (Phi) is 4.31. The van der Waals surface area contributed by atoms with Gasteiger partial charge in [0.15, 0.2) is 22.7 Å². The molecule has 0 radical (unpaired) electrons. The Hall–Kier alpha value is -1.27. The highest BCUT2D eigenvalue weighted by atomic mass is 79.9. The molecule has 2 rings (SSSR count). The summed E-state index contributed by atoms with van der Waals surface area (Å²) in [5.41, 5.74) is 0.565. The maximum absolute atomic E-state index is 13.9. The van der Waals surface area contributed by atoms with Gasteiger partial charge in [0.1, 0.15) is 0 Å². The Morgan fingerprint density at radius 1 is 1.42 bits per heavy atom. The van der Waals surface area contributed by atoms with Crippen molar-refractivity contribution in [2.75, 3.05) is 7.11 Å². The molecule has 1 aromatic carbocycles. The zero-order valence-corrected chi connectivity index (χ0v) is 12.7. The van der Waals surface area contributed by atoms with Crippen LogP contribution in [0.1, 0.15) is 6.92 Å². The van der Waals surface area contributed by atoms with E-state index < -0.39 is 11.9 Å². The van der Waals surface area contributed by atoms with Gasteiger partial charge in [0.05, 0.1) is 12.6 Å². The van der Waals surface area contributed by atoms with Gasteiger partial charge in [0, 0.05) is 22.1 Å². The number of ether oxygens (including phenoxy) is 2. The van der Waals surface area contributed by atoms with Crippen LogP contribution in [-0.4, -0.2) is 23.2 Å². The summed E-state index contributed by atoms with van der Waals surface area (Å²) in [7, 11) is 1.46. The van der Waals surface area contributed by atoms with Crippen molar-refractivity contribution >= 4 is 44.1 Å². The molecule has 0 aliphatic heterocycles. The average molecular weight is 344 g/mol. The molecule has 100 valence electrons. The number of rotatable bonds is 3. The second-order valence-corrected chi connectivity index (χ2v) is 5.23. The molecule has 0 aliphatic rings. The highest BCUT2D eigenvalue weighted by molar-refractivity contribution is 9.10. The number of hydrogen-bond acceptors (Lipinski definition) is 4. The monoisotopic (exact) mass is 343 g/mol. The number of fused-ring (bicyclic) bond motifs is 1. The third kappa shape index (κ3) is 3.19. The van der Waals surface area contributed by atoms with E-state index >= 15 is 0 Å². The molecule has 1 atom stereocenters. The Bertz CT molecular complexity index is 635. The molecule has 0 spiro atoms. The van der Waals surface area contributed by atoms with E-state index in [1.54, 1.807) is 19.2 Å². The first-order chi connectivity index (χ1) is 9.01. The Morgan fingerprint density at radius 2 is 2.16 bits per heavy atom. The molecule has 0 saturated heterocycles. The highest BCUT2D eigenvalue weighted by Gasteiger charge is 2.14. The average Bonchev–Trinajstić information content (AvgIpc) is 2.39. The fourth-order valence-electron chi connectivity index (χ4n) is 1.60. The first kappa shape index (κ1) is 14.1. The van der Waals surface area contributed by atoms with Gasteiger partial charge in [-0.1, -0.05) is 0 Å². The smallest absolute Gasteiger partial charge is 0.200 e. The summed E-state index contributed by atoms with van der Waals surface area (Å²) >= 11 is 8.27. The van der Waals surface area contributed by atoms with E-state index in [1.807, 2.05) is 6.07 Å².